The summed E-state index contributed by atoms with van der Waals surface area (Å²) in [4.78, 5) is 4.13. The fraction of sp³-hybridized carbons (Fsp3) is 0.800. The van der Waals surface area contributed by atoms with E-state index in [-0.39, 0.29) is 6.67 Å². The Morgan fingerprint density at radius 3 is 3.00 bits per heavy atom. The van der Waals surface area contributed by atoms with E-state index in [0.29, 0.717) is 25.4 Å². The van der Waals surface area contributed by atoms with Crippen molar-refractivity contribution in [2.45, 2.75) is 33.4 Å². The number of nitrogens with zero attached hydrogens (tertiary/aromatic N) is 3. The Morgan fingerprint density at radius 2 is 2.33 bits per heavy atom. The molecule has 0 aliphatic rings. The zero-order chi connectivity index (χ0) is 11.1. The molecule has 1 aromatic rings. The zero-order valence-corrected chi connectivity index (χ0v) is 9.41. The zero-order valence-electron chi connectivity index (χ0n) is 9.41. The monoisotopic (exact) mass is 214 g/mol. The van der Waals surface area contributed by atoms with E-state index in [9.17, 15) is 4.39 Å². The van der Waals surface area contributed by atoms with Gasteiger partial charge in [0.25, 0.3) is 0 Å². The highest BCUT2D eigenvalue weighted by Crippen LogP contribution is 1.97. The summed E-state index contributed by atoms with van der Waals surface area (Å²) in [6, 6.07) is 0. The average molecular weight is 214 g/mol. The molecule has 0 saturated carbocycles. The lowest BCUT2D eigenvalue weighted by Gasteiger charge is -2.08. The van der Waals surface area contributed by atoms with Gasteiger partial charge >= 0.3 is 0 Å². The van der Waals surface area contributed by atoms with Crippen molar-refractivity contribution in [2.24, 2.45) is 5.92 Å². The minimum atomic E-state index is -0.307. The van der Waals surface area contributed by atoms with Crippen LogP contribution < -0.4 is 5.32 Å². The van der Waals surface area contributed by atoms with Crippen LogP contribution in [-0.4, -0.2) is 28.0 Å². The summed E-state index contributed by atoms with van der Waals surface area (Å²) < 4.78 is 13.8. The summed E-state index contributed by atoms with van der Waals surface area (Å²) in [5, 5.41) is 7.34. The van der Waals surface area contributed by atoms with Gasteiger partial charge < -0.3 is 5.32 Å². The molecule has 0 aromatic carbocycles. The van der Waals surface area contributed by atoms with Crippen LogP contribution >= 0.6 is 0 Å². The Kier molecular flexibility index (Phi) is 5.25. The van der Waals surface area contributed by atoms with Crippen LogP contribution in [0.5, 0.6) is 0 Å². The molecule has 0 aliphatic carbocycles. The first-order valence-corrected chi connectivity index (χ1v) is 5.37. The first kappa shape index (κ1) is 12.1. The van der Waals surface area contributed by atoms with Gasteiger partial charge in [0.15, 0.2) is 0 Å². The van der Waals surface area contributed by atoms with Gasteiger partial charge in [-0.1, -0.05) is 13.8 Å². The van der Waals surface area contributed by atoms with E-state index in [2.05, 4.69) is 29.2 Å². The predicted octanol–water partition coefficient (Wildman–Crippen LogP) is 1.38. The molecule has 1 aromatic heterocycles. The Balaban J connectivity index is 2.35. The number of halogens is 1. The lowest BCUT2D eigenvalue weighted by molar-refractivity contribution is 0.424. The maximum Gasteiger partial charge on any atom is 0.140 e. The summed E-state index contributed by atoms with van der Waals surface area (Å²) in [5.41, 5.74) is 0. The molecule has 0 radical (unpaired) electrons. The number of alkyl halides is 1. The van der Waals surface area contributed by atoms with E-state index in [4.69, 9.17) is 0 Å². The fourth-order valence-electron chi connectivity index (χ4n) is 1.29. The molecule has 1 rings (SSSR count). The highest BCUT2D eigenvalue weighted by molar-refractivity contribution is 4.83. The lowest BCUT2D eigenvalue weighted by atomic mass is 10.2. The summed E-state index contributed by atoms with van der Waals surface area (Å²) >= 11 is 0. The Labute approximate surface area is 89.9 Å². The number of hydrogen-bond acceptors (Lipinski definition) is 3. The third-order valence-corrected chi connectivity index (χ3v) is 2.03. The van der Waals surface area contributed by atoms with Crippen LogP contribution in [-0.2, 0) is 13.1 Å². The number of nitrogens with one attached hydrogen (secondary N) is 1. The van der Waals surface area contributed by atoms with E-state index < -0.39 is 0 Å². The molecule has 0 amide bonds. The Hall–Kier alpha value is -0.970. The lowest BCUT2D eigenvalue weighted by Crippen LogP contribution is -2.22. The van der Waals surface area contributed by atoms with Gasteiger partial charge in [-0.05, 0) is 18.9 Å². The van der Waals surface area contributed by atoms with Crippen LogP contribution in [0.2, 0.25) is 0 Å². The maximum atomic E-state index is 12.0. The summed E-state index contributed by atoms with van der Waals surface area (Å²) in [5.74, 6) is 1.50. The van der Waals surface area contributed by atoms with Crippen LogP contribution in [0.4, 0.5) is 4.39 Å². The molecule has 0 spiro atoms. The standard InChI is InChI=1S/C10H19FN4/c1-9(2)6-12-7-10-13-8-14-15(10)5-3-4-11/h8-9,12H,3-7H2,1-2H3. The Bertz CT molecular complexity index is 272. The molecule has 0 fully saturated rings. The molecule has 5 heteroatoms. The van der Waals surface area contributed by atoms with Crippen molar-refractivity contribution >= 4 is 0 Å². The van der Waals surface area contributed by atoms with Crippen LogP contribution in [0.25, 0.3) is 0 Å². The average Bonchev–Trinajstić information content (AvgIpc) is 2.62. The second kappa shape index (κ2) is 6.50. The van der Waals surface area contributed by atoms with E-state index in [1.165, 1.54) is 6.33 Å². The molecule has 0 bridgehead atoms. The third kappa shape index (κ3) is 4.38. The Morgan fingerprint density at radius 1 is 1.53 bits per heavy atom. The minimum absolute atomic E-state index is 0.307. The fourth-order valence-corrected chi connectivity index (χ4v) is 1.29. The smallest absolute Gasteiger partial charge is 0.140 e. The quantitative estimate of drug-likeness (QED) is 0.745. The van der Waals surface area contributed by atoms with Crippen molar-refractivity contribution in [3.05, 3.63) is 12.2 Å². The summed E-state index contributed by atoms with van der Waals surface area (Å²) in [6.45, 7) is 6.26. The van der Waals surface area contributed by atoms with E-state index >= 15 is 0 Å². The van der Waals surface area contributed by atoms with Gasteiger partial charge in [-0.2, -0.15) is 5.10 Å². The van der Waals surface area contributed by atoms with Crippen molar-refractivity contribution in [2.75, 3.05) is 13.2 Å². The van der Waals surface area contributed by atoms with Gasteiger partial charge in [-0.15, -0.1) is 0 Å². The van der Waals surface area contributed by atoms with Crippen molar-refractivity contribution in [1.82, 2.24) is 20.1 Å². The summed E-state index contributed by atoms with van der Waals surface area (Å²) in [6.07, 6.45) is 2.02. The van der Waals surface area contributed by atoms with Crippen LogP contribution in [0.15, 0.2) is 6.33 Å². The molecule has 0 aliphatic heterocycles. The van der Waals surface area contributed by atoms with Gasteiger partial charge in [0.2, 0.25) is 0 Å². The predicted molar refractivity (Wildman–Crippen MR) is 57.2 cm³/mol. The largest absolute Gasteiger partial charge is 0.310 e. The van der Waals surface area contributed by atoms with Gasteiger partial charge in [0.05, 0.1) is 13.2 Å². The van der Waals surface area contributed by atoms with Crippen molar-refractivity contribution in [3.63, 3.8) is 0 Å². The summed E-state index contributed by atoms with van der Waals surface area (Å²) in [7, 11) is 0. The van der Waals surface area contributed by atoms with Crippen molar-refractivity contribution in [1.29, 1.82) is 0 Å². The van der Waals surface area contributed by atoms with Crippen LogP contribution in [0.3, 0.4) is 0 Å². The molecule has 0 atom stereocenters. The van der Waals surface area contributed by atoms with Crippen molar-refractivity contribution < 1.29 is 4.39 Å². The molecular weight excluding hydrogens is 195 g/mol. The third-order valence-electron chi connectivity index (χ3n) is 2.03. The molecule has 0 saturated heterocycles. The van der Waals surface area contributed by atoms with E-state index in [1.54, 1.807) is 4.68 Å². The van der Waals surface area contributed by atoms with Crippen LogP contribution in [0.1, 0.15) is 26.1 Å². The van der Waals surface area contributed by atoms with Gasteiger partial charge in [0, 0.05) is 6.54 Å². The molecule has 15 heavy (non-hydrogen) atoms. The molecule has 1 heterocycles. The molecule has 1 N–H and O–H groups in total. The van der Waals surface area contributed by atoms with Gasteiger partial charge in [-0.25, -0.2) is 9.67 Å². The maximum absolute atomic E-state index is 12.0. The minimum Gasteiger partial charge on any atom is -0.310 e. The molecule has 4 nitrogen and oxygen atoms in total. The van der Waals surface area contributed by atoms with Crippen LogP contribution in [0, 0.1) is 5.92 Å². The van der Waals surface area contributed by atoms with E-state index in [0.717, 1.165) is 12.4 Å². The van der Waals surface area contributed by atoms with Gasteiger partial charge in [-0.3, -0.25) is 4.39 Å². The normalized spacial score (nSPS) is 11.2. The SMILES string of the molecule is CC(C)CNCc1ncnn1CCCF. The topological polar surface area (TPSA) is 42.7 Å². The second-order valence-electron chi connectivity index (χ2n) is 3.97. The number of rotatable bonds is 7. The number of aryl methyl sites for hydroxylation is 1. The van der Waals surface area contributed by atoms with Gasteiger partial charge in [0.1, 0.15) is 12.2 Å². The first-order valence-electron chi connectivity index (χ1n) is 5.37. The van der Waals surface area contributed by atoms with E-state index in [1.807, 2.05) is 0 Å². The second-order valence-corrected chi connectivity index (χ2v) is 3.97. The number of aromatic nitrogens is 3. The molecular formula is C10H19FN4. The molecule has 86 valence electrons. The first-order chi connectivity index (χ1) is 7.24. The highest BCUT2D eigenvalue weighted by Gasteiger charge is 2.03. The number of hydrogen-bond donors (Lipinski definition) is 1. The molecule has 0 unspecified atom stereocenters. The van der Waals surface area contributed by atoms with Crippen molar-refractivity contribution in [3.8, 4) is 0 Å². The highest BCUT2D eigenvalue weighted by atomic mass is 19.1.